The molecular formula is C12H25Cl2NO2. The Balaban J connectivity index is 0. The quantitative estimate of drug-likeness (QED) is 0.755. The van der Waals surface area contributed by atoms with Crippen LogP contribution in [0.15, 0.2) is 0 Å². The zero-order valence-electron chi connectivity index (χ0n) is 10.5. The molecule has 1 aliphatic rings. The second-order valence-corrected chi connectivity index (χ2v) is 4.55. The maximum Gasteiger partial charge on any atom is 0.306 e. The highest BCUT2D eigenvalue weighted by atomic mass is 35.5. The van der Waals surface area contributed by atoms with E-state index in [9.17, 15) is 4.79 Å². The lowest BCUT2D eigenvalue weighted by atomic mass is 9.94. The maximum absolute atomic E-state index is 11.0. The van der Waals surface area contributed by atoms with E-state index < -0.39 is 5.97 Å². The van der Waals surface area contributed by atoms with Crippen molar-refractivity contribution in [3.05, 3.63) is 0 Å². The van der Waals surface area contributed by atoms with Crippen molar-refractivity contribution in [2.45, 2.75) is 57.9 Å². The molecule has 1 aliphatic heterocycles. The van der Waals surface area contributed by atoms with Crippen molar-refractivity contribution in [2.24, 2.45) is 5.92 Å². The zero-order valence-corrected chi connectivity index (χ0v) is 12.1. The van der Waals surface area contributed by atoms with Gasteiger partial charge in [-0.3, -0.25) is 4.79 Å². The summed E-state index contributed by atoms with van der Waals surface area (Å²) in [6.45, 7) is 3.22. The maximum atomic E-state index is 11.0. The Labute approximate surface area is 117 Å². The van der Waals surface area contributed by atoms with Gasteiger partial charge >= 0.3 is 5.97 Å². The molecule has 0 radical (unpaired) electrons. The highest BCUT2D eigenvalue weighted by molar-refractivity contribution is 5.85. The average Bonchev–Trinajstić information content (AvgIpc) is 2.70. The van der Waals surface area contributed by atoms with Gasteiger partial charge in [0.2, 0.25) is 0 Å². The highest BCUT2D eigenvalue weighted by Gasteiger charge is 2.20. The summed E-state index contributed by atoms with van der Waals surface area (Å²) in [4.78, 5) is 11.0. The summed E-state index contributed by atoms with van der Waals surface area (Å²) in [7, 11) is 0. The first-order valence-electron chi connectivity index (χ1n) is 6.20. The van der Waals surface area contributed by atoms with Crippen LogP contribution in [-0.2, 0) is 4.79 Å². The number of unbranched alkanes of at least 4 members (excludes halogenated alkanes) is 1. The van der Waals surface area contributed by atoms with Crippen molar-refractivity contribution in [3.8, 4) is 0 Å². The third kappa shape index (κ3) is 7.85. The van der Waals surface area contributed by atoms with Crippen LogP contribution in [0.4, 0.5) is 0 Å². The molecule has 1 heterocycles. The van der Waals surface area contributed by atoms with Crippen molar-refractivity contribution >= 4 is 30.8 Å². The van der Waals surface area contributed by atoms with Crippen molar-refractivity contribution in [1.29, 1.82) is 0 Å². The van der Waals surface area contributed by atoms with Gasteiger partial charge in [-0.1, -0.05) is 19.8 Å². The van der Waals surface area contributed by atoms with Gasteiger partial charge < -0.3 is 10.4 Å². The van der Waals surface area contributed by atoms with Crippen LogP contribution in [0, 0.1) is 5.92 Å². The lowest BCUT2D eigenvalue weighted by Crippen LogP contribution is -2.23. The predicted octanol–water partition coefficient (Wildman–Crippen LogP) is 3.25. The average molecular weight is 286 g/mol. The first kappa shape index (κ1) is 19.4. The van der Waals surface area contributed by atoms with E-state index >= 15 is 0 Å². The van der Waals surface area contributed by atoms with Crippen LogP contribution in [-0.4, -0.2) is 23.7 Å². The van der Waals surface area contributed by atoms with Gasteiger partial charge in [0.15, 0.2) is 0 Å². The smallest absolute Gasteiger partial charge is 0.306 e. The summed E-state index contributed by atoms with van der Waals surface area (Å²) in [5.74, 6) is -0.728. The van der Waals surface area contributed by atoms with Crippen LogP contribution in [0.2, 0.25) is 0 Å². The molecule has 17 heavy (non-hydrogen) atoms. The number of hydrogen-bond acceptors (Lipinski definition) is 2. The summed E-state index contributed by atoms with van der Waals surface area (Å²) < 4.78 is 0. The lowest BCUT2D eigenvalue weighted by Gasteiger charge is -2.15. The molecule has 0 aromatic heterocycles. The topological polar surface area (TPSA) is 49.3 Å². The fourth-order valence-electron chi connectivity index (χ4n) is 2.25. The predicted molar refractivity (Wildman–Crippen MR) is 75.4 cm³/mol. The van der Waals surface area contributed by atoms with Crippen molar-refractivity contribution < 1.29 is 9.90 Å². The number of carbonyl (C=O) groups is 1. The van der Waals surface area contributed by atoms with E-state index in [4.69, 9.17) is 5.11 Å². The Kier molecular flexibility index (Phi) is 12.7. The SMILES string of the molecule is CCCCC(CC[C@@H]1CCCN1)C(=O)O.Cl.Cl. The summed E-state index contributed by atoms with van der Waals surface area (Å²) in [5.41, 5.74) is 0. The molecule has 0 aromatic rings. The molecule has 0 spiro atoms. The number of aliphatic carboxylic acids is 1. The Bertz CT molecular complexity index is 197. The van der Waals surface area contributed by atoms with Crippen molar-refractivity contribution in [2.75, 3.05) is 6.54 Å². The van der Waals surface area contributed by atoms with Crippen LogP contribution >= 0.6 is 24.8 Å². The number of carboxylic acids is 1. The zero-order chi connectivity index (χ0) is 11.1. The Morgan fingerprint density at radius 1 is 1.41 bits per heavy atom. The second-order valence-electron chi connectivity index (χ2n) is 4.55. The molecule has 2 atom stereocenters. The molecule has 2 N–H and O–H groups in total. The number of nitrogens with one attached hydrogen (secondary N) is 1. The van der Waals surface area contributed by atoms with Crippen molar-refractivity contribution in [1.82, 2.24) is 5.32 Å². The molecule has 0 aromatic carbocycles. The van der Waals surface area contributed by atoms with E-state index in [2.05, 4.69) is 12.2 Å². The van der Waals surface area contributed by atoms with Crippen LogP contribution in [0.25, 0.3) is 0 Å². The van der Waals surface area contributed by atoms with Crippen LogP contribution in [0.5, 0.6) is 0 Å². The van der Waals surface area contributed by atoms with Crippen LogP contribution in [0.3, 0.4) is 0 Å². The van der Waals surface area contributed by atoms with E-state index in [1.54, 1.807) is 0 Å². The molecule has 0 bridgehead atoms. The Morgan fingerprint density at radius 2 is 2.12 bits per heavy atom. The van der Waals surface area contributed by atoms with Crippen molar-refractivity contribution in [3.63, 3.8) is 0 Å². The molecule has 1 fully saturated rings. The first-order chi connectivity index (χ1) is 7.24. The highest BCUT2D eigenvalue weighted by Crippen LogP contribution is 2.19. The van der Waals surface area contributed by atoms with Gasteiger partial charge in [-0.2, -0.15) is 0 Å². The molecule has 0 aliphatic carbocycles. The Hall–Kier alpha value is 0.01000. The minimum absolute atomic E-state index is 0. The van der Waals surface area contributed by atoms with E-state index in [1.165, 1.54) is 12.8 Å². The molecule has 3 nitrogen and oxygen atoms in total. The summed E-state index contributed by atoms with van der Waals surface area (Å²) in [5, 5.41) is 12.5. The molecule has 1 rings (SSSR count). The van der Waals surface area contributed by atoms with Gasteiger partial charge in [0.05, 0.1) is 5.92 Å². The summed E-state index contributed by atoms with van der Waals surface area (Å²) in [6.07, 6.45) is 7.31. The van der Waals surface area contributed by atoms with Gasteiger partial charge in [0, 0.05) is 6.04 Å². The van der Waals surface area contributed by atoms with Crippen LogP contribution < -0.4 is 5.32 Å². The van der Waals surface area contributed by atoms with Gasteiger partial charge in [0.1, 0.15) is 0 Å². The number of hydrogen-bond donors (Lipinski definition) is 2. The first-order valence-corrected chi connectivity index (χ1v) is 6.20. The second kappa shape index (κ2) is 11.1. The minimum Gasteiger partial charge on any atom is -0.481 e. The van der Waals surface area contributed by atoms with E-state index in [0.717, 1.165) is 38.6 Å². The van der Waals surface area contributed by atoms with Gasteiger partial charge in [-0.15, -0.1) is 24.8 Å². The normalized spacial score (nSPS) is 20.2. The molecule has 1 unspecified atom stereocenters. The van der Waals surface area contributed by atoms with E-state index in [0.29, 0.717) is 6.04 Å². The minimum atomic E-state index is -0.610. The van der Waals surface area contributed by atoms with E-state index in [-0.39, 0.29) is 30.7 Å². The van der Waals surface area contributed by atoms with Crippen LogP contribution in [0.1, 0.15) is 51.9 Å². The fraction of sp³-hybridized carbons (Fsp3) is 0.917. The number of rotatable bonds is 7. The monoisotopic (exact) mass is 285 g/mol. The molecule has 1 saturated heterocycles. The molecule has 104 valence electrons. The molecular weight excluding hydrogens is 261 g/mol. The third-order valence-corrected chi connectivity index (χ3v) is 3.28. The number of carboxylic acid groups (broad SMARTS) is 1. The fourth-order valence-corrected chi connectivity index (χ4v) is 2.25. The lowest BCUT2D eigenvalue weighted by molar-refractivity contribution is -0.142. The van der Waals surface area contributed by atoms with Gasteiger partial charge in [-0.05, 0) is 38.6 Å². The van der Waals surface area contributed by atoms with E-state index in [1.807, 2.05) is 0 Å². The third-order valence-electron chi connectivity index (χ3n) is 3.28. The Morgan fingerprint density at radius 3 is 2.59 bits per heavy atom. The van der Waals surface area contributed by atoms with Gasteiger partial charge in [-0.25, -0.2) is 0 Å². The molecule has 0 saturated carbocycles. The number of halogens is 2. The summed E-state index contributed by atoms with van der Waals surface area (Å²) in [6, 6.07) is 0.577. The molecule has 5 heteroatoms. The standard InChI is InChI=1S/C12H23NO2.2ClH/c1-2-3-5-10(12(14)15)7-8-11-6-4-9-13-11;;/h10-11,13H,2-9H2,1H3,(H,14,15);2*1H/t10?,11-;;/m0../s1. The summed E-state index contributed by atoms with van der Waals surface area (Å²) >= 11 is 0. The largest absolute Gasteiger partial charge is 0.481 e. The van der Waals surface area contributed by atoms with Gasteiger partial charge in [0.25, 0.3) is 0 Å². The molecule has 0 amide bonds.